The van der Waals surface area contributed by atoms with Gasteiger partial charge >= 0.3 is 104 Å². The van der Waals surface area contributed by atoms with Crippen LogP contribution in [0.2, 0.25) is 0 Å². The van der Waals surface area contributed by atoms with Gasteiger partial charge in [0, 0.05) is 0 Å². The fourth-order valence-corrected chi connectivity index (χ4v) is 20.1. The van der Waals surface area contributed by atoms with Crippen molar-refractivity contribution in [1.82, 2.24) is 0 Å². The van der Waals surface area contributed by atoms with E-state index in [1.165, 1.54) is 0 Å². The standard InChI is InChI=1S/C45H78O46S10/c1-21(2)7-6-8-22(3)26-11-12-27-25-10-9-23-17-24(13-15-44(23,4)28(25)14-16-45(26,27)5)79-41-38(89-99(67,68)69)35(86-96(58,59)60)32(29(80-41)18-76-92(46,47)48)83-42-39(90-100(70,71)72)36(87-97(61,62)63)33(30(81-42)19-77-93(49,50)51)84-43-40(91-101(73,74)75)37(88-98(64,65)66)34(85-95(55,56)57)31(82-43)20-78-94(52,53)54/h21-43H,6-20H2,1-5H3,(H,46,47,48)(H,49,50,51)(H,52,53,54)(H,55,56,57)(H,58,59,60)(H,61,62,63)(H,64,65,66)(H,67,68,69)(H,70,71,72)(H,73,74,75)/t22-,23+,24+,25+,26-,27+,28+,29-,30-,31-,32-,33-,34-,35+,36+,37+,38-,39-,40-,41-,42+,43+,44+,45-/m1/s1. The van der Waals surface area contributed by atoms with Gasteiger partial charge in [-0.25, -0.2) is 41.8 Å². The summed E-state index contributed by atoms with van der Waals surface area (Å²) in [5.74, 6) is 2.35. The second-order valence-electron chi connectivity index (χ2n) is 26.1. The van der Waals surface area contributed by atoms with Crippen LogP contribution in [0.4, 0.5) is 0 Å². The van der Waals surface area contributed by atoms with E-state index in [1.807, 2.05) is 0 Å². The molecule has 4 aliphatic carbocycles. The maximum Gasteiger partial charge on any atom is 0.397 e. The van der Waals surface area contributed by atoms with Gasteiger partial charge in [0.1, 0.15) is 54.9 Å². The largest absolute Gasteiger partial charge is 0.397 e. The number of hydrogen-bond donors (Lipinski definition) is 10. The molecule has 594 valence electrons. The van der Waals surface area contributed by atoms with E-state index in [4.69, 9.17) is 36.8 Å². The molecule has 7 aliphatic rings. The van der Waals surface area contributed by atoms with Crippen LogP contribution in [0.1, 0.15) is 112 Å². The van der Waals surface area contributed by atoms with Crippen molar-refractivity contribution in [3.05, 3.63) is 0 Å². The minimum atomic E-state index is -6.54. The molecule has 0 bridgehead atoms. The molecule has 7 rings (SSSR count). The lowest BCUT2D eigenvalue weighted by molar-refractivity contribution is -0.371. The summed E-state index contributed by atoms with van der Waals surface area (Å²) in [6.07, 6.45) is -40.8. The molecule has 3 heterocycles. The summed E-state index contributed by atoms with van der Waals surface area (Å²) in [6.45, 7) is 5.20. The van der Waals surface area contributed by atoms with Crippen molar-refractivity contribution in [2.45, 2.75) is 210 Å². The van der Waals surface area contributed by atoms with E-state index in [-0.39, 0.29) is 35.5 Å². The first kappa shape index (κ1) is 86.7. The van der Waals surface area contributed by atoms with Gasteiger partial charge in [0.25, 0.3) is 0 Å². The molecule has 56 heteroatoms. The Morgan fingerprint density at radius 1 is 0.366 bits per heavy atom. The molecule has 0 aromatic heterocycles. The summed E-state index contributed by atoms with van der Waals surface area (Å²) < 4.78 is 427. The Bertz CT molecular complexity index is 4090. The van der Waals surface area contributed by atoms with Crippen molar-refractivity contribution < 1.29 is 200 Å². The van der Waals surface area contributed by atoms with E-state index >= 15 is 0 Å². The summed E-state index contributed by atoms with van der Waals surface area (Å²) in [5, 5.41) is 0. The first-order valence-electron chi connectivity index (χ1n) is 30.1. The van der Waals surface area contributed by atoms with Gasteiger partial charge in [0.15, 0.2) is 37.2 Å². The SMILES string of the molecule is CC(C)CCC[C@@H](C)[C@H]1CC[C@H]2[C@@H]3CC[C@H]4C[C@@H](O[C@@H]5O[C@H](COS(=O)(=O)O)[C@@H](O[C@@H]6O[C@H](COS(=O)(=O)O)[C@@H](O[C@@H]7O[C@H](COS(=O)(=O)O)[C@@H](OS(=O)(=O)O)[C@H](OS(=O)(=O)O)[C@H]7OS(=O)(=O)O)[C@H](OS(=O)(=O)O)[C@H]6OS(=O)(=O)O)[C@H](OS(=O)(=O)O)[C@H]5OS(=O)(=O)O)CC[C@]4(C)[C@H]3CC[C@]12C. The molecule has 0 aromatic rings. The van der Waals surface area contributed by atoms with Gasteiger partial charge in [-0.15, -0.1) is 0 Å². The molecule has 4 saturated carbocycles. The first-order chi connectivity index (χ1) is 45.7. The molecule has 3 saturated heterocycles. The van der Waals surface area contributed by atoms with Crippen molar-refractivity contribution in [2.75, 3.05) is 19.8 Å². The van der Waals surface area contributed by atoms with Crippen LogP contribution in [0.3, 0.4) is 0 Å². The molecule has 0 amide bonds. The van der Waals surface area contributed by atoms with Gasteiger partial charge in [-0.05, 0) is 110 Å². The monoisotopic (exact) mass is 1670 g/mol. The van der Waals surface area contributed by atoms with Crippen LogP contribution in [0.25, 0.3) is 0 Å². The molecule has 46 nitrogen and oxygen atoms in total. The quantitative estimate of drug-likeness (QED) is 0.0279. The van der Waals surface area contributed by atoms with E-state index in [2.05, 4.69) is 68.1 Å². The third-order valence-corrected chi connectivity index (χ3v) is 23.8. The Morgan fingerprint density at radius 3 is 1.08 bits per heavy atom. The first-order valence-corrected chi connectivity index (χ1v) is 43.7. The van der Waals surface area contributed by atoms with Crippen molar-refractivity contribution >= 4 is 104 Å². The van der Waals surface area contributed by atoms with Gasteiger partial charge in [-0.2, -0.15) is 84.2 Å². The Labute approximate surface area is 582 Å². The van der Waals surface area contributed by atoms with Gasteiger partial charge in [-0.3, -0.25) is 45.5 Å². The highest BCUT2D eigenvalue weighted by Gasteiger charge is 2.64. The van der Waals surface area contributed by atoms with Crippen molar-refractivity contribution in [1.29, 1.82) is 0 Å². The normalized spacial score (nSPS) is 37.8. The summed E-state index contributed by atoms with van der Waals surface area (Å²) >= 11 is 0. The highest BCUT2D eigenvalue weighted by Crippen LogP contribution is 2.69. The predicted molar refractivity (Wildman–Crippen MR) is 321 cm³/mol. The van der Waals surface area contributed by atoms with Gasteiger partial charge < -0.3 is 28.4 Å². The molecule has 0 aromatic carbocycles. The van der Waals surface area contributed by atoms with Crippen LogP contribution in [-0.2, 0) is 174 Å². The fourth-order valence-electron chi connectivity index (χ4n) is 15.8. The zero-order valence-corrected chi connectivity index (χ0v) is 61.3. The minimum Gasteiger partial charge on any atom is -0.347 e. The lowest BCUT2D eigenvalue weighted by Crippen LogP contribution is -2.69. The summed E-state index contributed by atoms with van der Waals surface area (Å²) in [7, 11) is -62.2. The molecule has 10 N–H and O–H groups in total. The van der Waals surface area contributed by atoms with Gasteiger partial charge in [-0.1, -0.05) is 53.9 Å². The third-order valence-electron chi connectivity index (χ3n) is 19.3. The Balaban J connectivity index is 1.31. The van der Waals surface area contributed by atoms with E-state index in [9.17, 15) is 130 Å². The Hall–Kier alpha value is -1.54. The van der Waals surface area contributed by atoms with Gasteiger partial charge in [0.05, 0.1) is 25.9 Å². The molecule has 0 radical (unpaired) electrons. The van der Waals surface area contributed by atoms with Crippen LogP contribution in [-0.4, -0.2) is 248 Å². The minimum absolute atomic E-state index is 0.0819. The second kappa shape index (κ2) is 32.2. The van der Waals surface area contributed by atoms with Crippen molar-refractivity contribution in [2.24, 2.45) is 52.3 Å². The van der Waals surface area contributed by atoms with Gasteiger partial charge in [0.2, 0.25) is 0 Å². The Morgan fingerprint density at radius 2 is 0.703 bits per heavy atom. The fraction of sp³-hybridized carbons (Fsp3) is 1.00. The van der Waals surface area contributed by atoms with Crippen LogP contribution < -0.4 is 0 Å². The van der Waals surface area contributed by atoms with E-state index in [1.54, 1.807) is 0 Å². The average molecular weight is 1680 g/mol. The molecule has 0 spiro atoms. The molecule has 7 fully saturated rings. The highest BCUT2D eigenvalue weighted by molar-refractivity contribution is 7.83. The second-order valence-corrected chi connectivity index (χ2v) is 36.7. The third kappa shape index (κ3) is 25.0. The summed E-state index contributed by atoms with van der Waals surface area (Å²) in [6, 6.07) is 0. The number of hydrogen-bond acceptors (Lipinski definition) is 36. The van der Waals surface area contributed by atoms with E-state index in [0.29, 0.717) is 42.4 Å². The zero-order valence-electron chi connectivity index (χ0n) is 53.1. The smallest absolute Gasteiger partial charge is 0.347 e. The number of ether oxygens (including phenoxy) is 6. The van der Waals surface area contributed by atoms with Crippen LogP contribution in [0, 0.1) is 52.3 Å². The molecule has 0 unspecified atom stereocenters. The zero-order chi connectivity index (χ0) is 76.2. The highest BCUT2D eigenvalue weighted by atomic mass is 32.3. The predicted octanol–water partition coefficient (Wildman–Crippen LogP) is -0.788. The summed E-state index contributed by atoms with van der Waals surface area (Å²) in [4.78, 5) is 0. The summed E-state index contributed by atoms with van der Waals surface area (Å²) in [5.41, 5.74) is -0.277. The lowest BCUT2D eigenvalue weighted by Gasteiger charge is -2.61. The van der Waals surface area contributed by atoms with Crippen LogP contribution in [0.5, 0.6) is 0 Å². The van der Waals surface area contributed by atoms with Crippen LogP contribution >= 0.6 is 0 Å². The maximum atomic E-state index is 13.0. The van der Waals surface area contributed by atoms with E-state index < -0.39 is 222 Å². The molecule has 101 heavy (non-hydrogen) atoms. The Kier molecular flexibility index (Phi) is 27.6. The van der Waals surface area contributed by atoms with Crippen LogP contribution in [0.15, 0.2) is 0 Å². The van der Waals surface area contributed by atoms with E-state index in [0.717, 1.165) is 51.4 Å². The number of rotatable bonds is 34. The van der Waals surface area contributed by atoms with Crippen molar-refractivity contribution in [3.8, 4) is 0 Å². The maximum absolute atomic E-state index is 13.0. The lowest BCUT2D eigenvalue weighted by atomic mass is 9.44. The topological polar surface area (TPSA) is 691 Å². The molecule has 24 atom stereocenters. The molecular weight excluding hydrogens is 1600 g/mol. The number of fused-ring (bicyclic) bond motifs is 5. The van der Waals surface area contributed by atoms with Crippen molar-refractivity contribution in [3.63, 3.8) is 0 Å². The average Bonchev–Trinajstić information content (AvgIpc) is 1.69. The molecule has 3 aliphatic heterocycles. The molecular formula is C45H78O46S10.